The molecule has 1 aromatic rings. The van der Waals surface area contributed by atoms with Crippen LogP contribution in [0.15, 0.2) is 6.20 Å². The summed E-state index contributed by atoms with van der Waals surface area (Å²) in [6, 6.07) is 0. The van der Waals surface area contributed by atoms with E-state index in [0.717, 1.165) is 50.8 Å². The van der Waals surface area contributed by atoms with E-state index in [9.17, 15) is 0 Å². The van der Waals surface area contributed by atoms with Crippen molar-refractivity contribution in [3.63, 3.8) is 0 Å². The van der Waals surface area contributed by atoms with Gasteiger partial charge >= 0.3 is 0 Å². The fourth-order valence-corrected chi connectivity index (χ4v) is 3.81. The Morgan fingerprint density at radius 1 is 1.13 bits per heavy atom. The van der Waals surface area contributed by atoms with Crippen LogP contribution >= 0.6 is 0 Å². The number of hydrogen-bond acceptors (Lipinski definition) is 7. The predicted octanol–water partition coefficient (Wildman–Crippen LogP) is 1.45. The topological polar surface area (TPSA) is 63.6 Å². The molecule has 3 saturated heterocycles. The van der Waals surface area contributed by atoms with Gasteiger partial charge in [-0.25, -0.2) is 0 Å². The van der Waals surface area contributed by atoms with Crippen molar-refractivity contribution in [1.29, 1.82) is 0 Å². The van der Waals surface area contributed by atoms with Crippen molar-refractivity contribution in [3.8, 4) is 0 Å². The molecule has 3 fully saturated rings. The van der Waals surface area contributed by atoms with Crippen molar-refractivity contribution in [2.75, 3.05) is 49.2 Å². The second-order valence-corrected chi connectivity index (χ2v) is 6.90. The van der Waals surface area contributed by atoms with Gasteiger partial charge in [0.1, 0.15) is 0 Å². The fraction of sp³-hybridized carbons (Fsp3) is 0.812. The highest BCUT2D eigenvalue weighted by Gasteiger charge is 2.40. The minimum atomic E-state index is -0.345. The molecule has 0 saturated carbocycles. The molecule has 126 valence electrons. The lowest BCUT2D eigenvalue weighted by atomic mass is 10.0. The van der Waals surface area contributed by atoms with Gasteiger partial charge < -0.3 is 19.3 Å². The average Bonchev–Trinajstić information content (AvgIpc) is 3.04. The summed E-state index contributed by atoms with van der Waals surface area (Å²) in [5, 5.41) is 8.44. The molecule has 23 heavy (non-hydrogen) atoms. The molecule has 1 spiro atoms. The van der Waals surface area contributed by atoms with E-state index in [0.29, 0.717) is 19.1 Å². The molecule has 1 atom stereocenters. The van der Waals surface area contributed by atoms with Crippen molar-refractivity contribution in [3.05, 3.63) is 6.20 Å². The Kier molecular flexibility index (Phi) is 4.07. The van der Waals surface area contributed by atoms with Gasteiger partial charge in [-0.1, -0.05) is 6.92 Å². The van der Waals surface area contributed by atoms with Gasteiger partial charge in [-0.2, -0.15) is 10.1 Å². The summed E-state index contributed by atoms with van der Waals surface area (Å²) in [6.07, 6.45) is 6.03. The Morgan fingerprint density at radius 2 is 1.91 bits per heavy atom. The highest BCUT2D eigenvalue weighted by Crippen LogP contribution is 2.32. The standard InChI is InChI=1S/C16H25N5O2/c1-13-3-2-6-21(12-13)15-18-14(11-17-19-15)20-7-4-16(5-8-20)22-9-10-23-16/h11,13H,2-10,12H2,1H3. The second-order valence-electron chi connectivity index (χ2n) is 6.90. The Hall–Kier alpha value is -1.47. The summed E-state index contributed by atoms with van der Waals surface area (Å²) < 4.78 is 11.6. The van der Waals surface area contributed by atoms with Crippen LogP contribution in [0.5, 0.6) is 0 Å². The predicted molar refractivity (Wildman–Crippen MR) is 86.5 cm³/mol. The van der Waals surface area contributed by atoms with E-state index in [2.05, 4.69) is 26.9 Å². The van der Waals surface area contributed by atoms with Gasteiger partial charge in [0.15, 0.2) is 11.6 Å². The van der Waals surface area contributed by atoms with Crippen LogP contribution in [-0.2, 0) is 9.47 Å². The SMILES string of the molecule is CC1CCCN(c2nncc(N3CCC4(CC3)OCCO4)n2)C1. The van der Waals surface area contributed by atoms with E-state index >= 15 is 0 Å². The van der Waals surface area contributed by atoms with E-state index in [1.54, 1.807) is 6.20 Å². The molecule has 0 radical (unpaired) electrons. The first-order valence-corrected chi connectivity index (χ1v) is 8.72. The summed E-state index contributed by atoms with van der Waals surface area (Å²) in [5.41, 5.74) is 0. The summed E-state index contributed by atoms with van der Waals surface area (Å²) in [6.45, 7) is 7.53. The number of nitrogens with zero attached hydrogens (tertiary/aromatic N) is 5. The Balaban J connectivity index is 1.44. The third-order valence-electron chi connectivity index (χ3n) is 5.14. The highest BCUT2D eigenvalue weighted by molar-refractivity contribution is 5.42. The molecule has 0 aromatic carbocycles. The summed E-state index contributed by atoms with van der Waals surface area (Å²) in [4.78, 5) is 9.30. The van der Waals surface area contributed by atoms with Gasteiger partial charge in [0.05, 0.1) is 19.4 Å². The Labute approximate surface area is 137 Å². The maximum absolute atomic E-state index is 5.79. The summed E-state index contributed by atoms with van der Waals surface area (Å²) >= 11 is 0. The molecule has 3 aliphatic rings. The Bertz CT molecular complexity index is 539. The lowest BCUT2D eigenvalue weighted by molar-refractivity contribution is -0.169. The van der Waals surface area contributed by atoms with Crippen LogP contribution in [0.1, 0.15) is 32.6 Å². The van der Waals surface area contributed by atoms with Gasteiger partial charge in [-0.15, -0.1) is 5.10 Å². The van der Waals surface area contributed by atoms with Crippen LogP contribution in [0.25, 0.3) is 0 Å². The van der Waals surface area contributed by atoms with Crippen molar-refractivity contribution in [1.82, 2.24) is 15.2 Å². The monoisotopic (exact) mass is 319 g/mol. The Morgan fingerprint density at radius 3 is 2.65 bits per heavy atom. The maximum Gasteiger partial charge on any atom is 0.247 e. The number of ether oxygens (including phenoxy) is 2. The van der Waals surface area contributed by atoms with E-state index in [1.165, 1.54) is 12.8 Å². The third-order valence-corrected chi connectivity index (χ3v) is 5.14. The van der Waals surface area contributed by atoms with Crippen LogP contribution in [0.3, 0.4) is 0 Å². The quantitative estimate of drug-likeness (QED) is 0.817. The van der Waals surface area contributed by atoms with Crippen molar-refractivity contribution in [2.45, 2.75) is 38.4 Å². The van der Waals surface area contributed by atoms with Crippen LogP contribution in [-0.4, -0.2) is 60.4 Å². The maximum atomic E-state index is 5.79. The van der Waals surface area contributed by atoms with Gasteiger partial charge in [-0.05, 0) is 18.8 Å². The third kappa shape index (κ3) is 3.12. The smallest absolute Gasteiger partial charge is 0.247 e. The first-order chi connectivity index (χ1) is 11.2. The molecule has 4 rings (SSSR count). The van der Waals surface area contributed by atoms with Gasteiger partial charge in [-0.3, -0.25) is 0 Å². The molecule has 4 heterocycles. The molecule has 0 aliphatic carbocycles. The fourth-order valence-electron chi connectivity index (χ4n) is 3.81. The lowest BCUT2D eigenvalue weighted by Crippen LogP contribution is -2.45. The molecule has 7 heteroatoms. The normalized spacial score (nSPS) is 27.6. The second kappa shape index (κ2) is 6.20. The van der Waals surface area contributed by atoms with Crippen LogP contribution in [0.4, 0.5) is 11.8 Å². The van der Waals surface area contributed by atoms with Crippen molar-refractivity contribution < 1.29 is 9.47 Å². The lowest BCUT2D eigenvalue weighted by Gasteiger charge is -2.38. The molecule has 7 nitrogen and oxygen atoms in total. The molecule has 0 amide bonds. The van der Waals surface area contributed by atoms with E-state index in [1.807, 2.05) is 0 Å². The number of rotatable bonds is 2. The van der Waals surface area contributed by atoms with E-state index < -0.39 is 0 Å². The first-order valence-electron chi connectivity index (χ1n) is 8.72. The van der Waals surface area contributed by atoms with Gasteiger partial charge in [0, 0.05) is 39.0 Å². The molecular weight excluding hydrogens is 294 g/mol. The molecule has 1 aromatic heterocycles. The van der Waals surface area contributed by atoms with Crippen molar-refractivity contribution >= 4 is 11.8 Å². The largest absolute Gasteiger partial charge is 0.355 e. The molecule has 0 N–H and O–H groups in total. The number of anilines is 2. The number of piperidine rings is 2. The zero-order chi connectivity index (χ0) is 15.7. The van der Waals surface area contributed by atoms with Crippen LogP contribution < -0.4 is 9.80 Å². The van der Waals surface area contributed by atoms with E-state index in [4.69, 9.17) is 14.5 Å². The minimum Gasteiger partial charge on any atom is -0.355 e. The zero-order valence-corrected chi connectivity index (χ0v) is 13.8. The molecule has 0 bridgehead atoms. The van der Waals surface area contributed by atoms with Gasteiger partial charge in [0.2, 0.25) is 5.95 Å². The zero-order valence-electron chi connectivity index (χ0n) is 13.8. The van der Waals surface area contributed by atoms with Gasteiger partial charge in [0.25, 0.3) is 0 Å². The van der Waals surface area contributed by atoms with E-state index in [-0.39, 0.29) is 5.79 Å². The summed E-state index contributed by atoms with van der Waals surface area (Å²) in [7, 11) is 0. The highest BCUT2D eigenvalue weighted by atomic mass is 16.7. The molecule has 3 aliphatic heterocycles. The van der Waals surface area contributed by atoms with Crippen molar-refractivity contribution in [2.24, 2.45) is 5.92 Å². The average molecular weight is 319 g/mol. The first kappa shape index (κ1) is 15.1. The number of hydrogen-bond donors (Lipinski definition) is 0. The van der Waals surface area contributed by atoms with Crippen LogP contribution in [0, 0.1) is 5.92 Å². The molecular formula is C16H25N5O2. The summed E-state index contributed by atoms with van der Waals surface area (Å²) in [5.74, 6) is 2.04. The minimum absolute atomic E-state index is 0.345. The molecule has 1 unspecified atom stereocenters. The number of aromatic nitrogens is 3. The van der Waals surface area contributed by atoms with Crippen LogP contribution in [0.2, 0.25) is 0 Å².